The van der Waals surface area contributed by atoms with E-state index in [2.05, 4.69) is 10.6 Å². The van der Waals surface area contributed by atoms with Gasteiger partial charge < -0.3 is 30.3 Å². The first-order chi connectivity index (χ1) is 8.40. The maximum atomic E-state index is 10.7. The molecule has 2 amide bonds. The average Bonchev–Trinajstić information content (AvgIpc) is 2.26. The van der Waals surface area contributed by atoms with Crippen molar-refractivity contribution in [1.82, 2.24) is 10.6 Å². The van der Waals surface area contributed by atoms with Crippen LogP contribution in [0.2, 0.25) is 0 Å². The van der Waals surface area contributed by atoms with Crippen LogP contribution in [0.3, 0.4) is 0 Å². The normalized spacial score (nSPS) is 26.3. The molecule has 0 aromatic rings. The lowest BCUT2D eigenvalue weighted by atomic mass is 9.86. The van der Waals surface area contributed by atoms with Gasteiger partial charge >= 0.3 is 12.2 Å². The molecule has 0 aromatic carbocycles. The first kappa shape index (κ1) is 14.5. The van der Waals surface area contributed by atoms with Crippen LogP contribution in [0.1, 0.15) is 19.3 Å². The highest BCUT2D eigenvalue weighted by Crippen LogP contribution is 2.32. The molecule has 8 heteroatoms. The highest BCUT2D eigenvalue weighted by molar-refractivity contribution is 5.65. The Morgan fingerprint density at radius 3 is 1.72 bits per heavy atom. The lowest BCUT2D eigenvalue weighted by Crippen LogP contribution is -2.55. The van der Waals surface area contributed by atoms with Crippen LogP contribution in [0, 0.1) is 0 Å². The van der Waals surface area contributed by atoms with Crippen LogP contribution in [0.15, 0.2) is 0 Å². The topological polar surface area (TPSA) is 117 Å². The first-order valence-corrected chi connectivity index (χ1v) is 5.50. The molecule has 0 heterocycles. The van der Waals surface area contributed by atoms with Crippen LogP contribution < -0.4 is 10.6 Å². The van der Waals surface area contributed by atoms with Crippen LogP contribution in [0.5, 0.6) is 0 Å². The summed E-state index contributed by atoms with van der Waals surface area (Å²) in [5, 5.41) is 22.1. The first-order valence-electron chi connectivity index (χ1n) is 5.50. The van der Waals surface area contributed by atoms with Gasteiger partial charge in [0.05, 0.1) is 0 Å². The third-order valence-electron chi connectivity index (χ3n) is 3.08. The van der Waals surface area contributed by atoms with Crippen molar-refractivity contribution in [2.45, 2.75) is 37.1 Å². The molecule has 0 radical (unpaired) electrons. The highest BCUT2D eigenvalue weighted by Gasteiger charge is 2.42. The zero-order valence-electron chi connectivity index (χ0n) is 10.3. The number of carboxylic acid groups (broad SMARTS) is 2. The molecule has 1 aliphatic rings. The van der Waals surface area contributed by atoms with Gasteiger partial charge in [0.2, 0.25) is 0 Å². The molecule has 1 aliphatic carbocycles. The molecular weight excluding hydrogens is 244 g/mol. The van der Waals surface area contributed by atoms with Gasteiger partial charge in [-0.15, -0.1) is 0 Å². The Morgan fingerprint density at radius 1 is 1.06 bits per heavy atom. The van der Waals surface area contributed by atoms with E-state index in [1.165, 1.54) is 14.2 Å². The van der Waals surface area contributed by atoms with Crippen LogP contribution in [0.25, 0.3) is 0 Å². The standard InChI is InChI=1S/C10H18N2O6/c1-17-10(18-2)4-6(11-8(13)14)3-7(5-10)12-9(15)16/h6-7,11-12H,3-5H2,1-2H3,(H,13,14)(H,15,16). The number of hydrogen-bond acceptors (Lipinski definition) is 4. The monoisotopic (exact) mass is 262 g/mol. The fraction of sp³-hybridized carbons (Fsp3) is 0.800. The Hall–Kier alpha value is -1.54. The molecule has 0 bridgehead atoms. The fourth-order valence-corrected chi connectivity index (χ4v) is 2.33. The number of ether oxygens (including phenoxy) is 2. The average molecular weight is 262 g/mol. The summed E-state index contributed by atoms with van der Waals surface area (Å²) in [6.45, 7) is 0. The minimum absolute atomic E-state index is 0.337. The maximum Gasteiger partial charge on any atom is 0.404 e. The molecule has 0 saturated heterocycles. The summed E-state index contributed by atoms with van der Waals surface area (Å²) in [6, 6.07) is -0.846. The van der Waals surface area contributed by atoms with E-state index in [0.29, 0.717) is 19.3 Å². The van der Waals surface area contributed by atoms with Crippen LogP contribution in [-0.2, 0) is 9.47 Å². The van der Waals surface area contributed by atoms with Crippen LogP contribution in [-0.4, -0.2) is 54.5 Å². The summed E-state index contributed by atoms with van der Waals surface area (Å²) in [5.74, 6) is -0.974. The smallest absolute Gasteiger partial charge is 0.404 e. The van der Waals surface area contributed by atoms with E-state index in [1.54, 1.807) is 0 Å². The molecule has 4 N–H and O–H groups in total. The van der Waals surface area contributed by atoms with E-state index in [0.717, 1.165) is 0 Å². The third kappa shape index (κ3) is 3.74. The molecule has 1 fully saturated rings. The van der Waals surface area contributed by atoms with Gasteiger partial charge in [0.1, 0.15) is 0 Å². The Labute approximate surface area is 104 Å². The molecule has 8 nitrogen and oxygen atoms in total. The van der Waals surface area contributed by atoms with Crippen molar-refractivity contribution < 1.29 is 29.3 Å². The zero-order valence-corrected chi connectivity index (χ0v) is 10.3. The van der Waals surface area contributed by atoms with E-state index in [4.69, 9.17) is 19.7 Å². The Bertz CT molecular complexity index is 291. The Balaban J connectivity index is 2.77. The number of carbonyl (C=O) groups is 2. The molecule has 0 aromatic heterocycles. The molecule has 2 atom stereocenters. The molecule has 1 saturated carbocycles. The van der Waals surface area contributed by atoms with Gasteiger partial charge in [-0.1, -0.05) is 0 Å². The van der Waals surface area contributed by atoms with E-state index in [9.17, 15) is 9.59 Å². The second kappa shape index (κ2) is 5.87. The van der Waals surface area contributed by atoms with Crippen molar-refractivity contribution in [3.8, 4) is 0 Å². The molecule has 2 unspecified atom stereocenters. The summed E-state index contributed by atoms with van der Waals surface area (Å²) in [5.41, 5.74) is 0. The number of amides is 2. The molecule has 1 rings (SSSR count). The van der Waals surface area contributed by atoms with Crippen molar-refractivity contribution in [3.63, 3.8) is 0 Å². The Morgan fingerprint density at radius 2 is 1.44 bits per heavy atom. The largest absolute Gasteiger partial charge is 0.465 e. The van der Waals surface area contributed by atoms with Gasteiger partial charge in [0, 0.05) is 39.1 Å². The van der Waals surface area contributed by atoms with Gasteiger partial charge in [-0.25, -0.2) is 9.59 Å². The van der Waals surface area contributed by atoms with E-state index in [-0.39, 0.29) is 0 Å². The summed E-state index contributed by atoms with van der Waals surface area (Å²) in [4.78, 5) is 21.3. The van der Waals surface area contributed by atoms with Crippen molar-refractivity contribution in [2.75, 3.05) is 14.2 Å². The maximum absolute atomic E-state index is 10.7. The van der Waals surface area contributed by atoms with Gasteiger partial charge in [0.25, 0.3) is 0 Å². The minimum Gasteiger partial charge on any atom is -0.465 e. The molecule has 0 spiro atoms. The summed E-state index contributed by atoms with van der Waals surface area (Å²) in [6.07, 6.45) is -1.27. The van der Waals surface area contributed by atoms with Crippen molar-refractivity contribution >= 4 is 12.2 Å². The quantitative estimate of drug-likeness (QED) is 0.546. The molecule has 104 valence electrons. The lowest BCUT2D eigenvalue weighted by molar-refractivity contribution is -0.230. The highest BCUT2D eigenvalue weighted by atomic mass is 16.7. The number of hydrogen-bond donors (Lipinski definition) is 4. The van der Waals surface area contributed by atoms with Crippen LogP contribution >= 0.6 is 0 Å². The SMILES string of the molecule is COC1(OC)CC(NC(=O)O)CC(NC(=O)O)C1. The number of nitrogens with one attached hydrogen (secondary N) is 2. The van der Waals surface area contributed by atoms with E-state index >= 15 is 0 Å². The van der Waals surface area contributed by atoms with Gasteiger partial charge in [0.15, 0.2) is 5.79 Å². The summed E-state index contributed by atoms with van der Waals surface area (Å²) in [7, 11) is 2.90. The van der Waals surface area contributed by atoms with E-state index < -0.39 is 30.1 Å². The Kier molecular flexibility index (Phi) is 4.74. The summed E-state index contributed by atoms with van der Waals surface area (Å²) >= 11 is 0. The fourth-order valence-electron chi connectivity index (χ4n) is 2.33. The van der Waals surface area contributed by atoms with Gasteiger partial charge in [-0.3, -0.25) is 0 Å². The lowest BCUT2D eigenvalue weighted by Gasteiger charge is -2.42. The minimum atomic E-state index is -1.16. The predicted molar refractivity (Wildman–Crippen MR) is 60.5 cm³/mol. The zero-order chi connectivity index (χ0) is 13.8. The second-order valence-corrected chi connectivity index (χ2v) is 4.26. The third-order valence-corrected chi connectivity index (χ3v) is 3.08. The predicted octanol–water partition coefficient (Wildman–Crippen LogP) is 0.432. The van der Waals surface area contributed by atoms with Crippen LogP contribution in [0.4, 0.5) is 9.59 Å². The number of rotatable bonds is 4. The van der Waals surface area contributed by atoms with Crippen molar-refractivity contribution in [3.05, 3.63) is 0 Å². The van der Waals surface area contributed by atoms with E-state index in [1.807, 2.05) is 0 Å². The van der Waals surface area contributed by atoms with Gasteiger partial charge in [-0.05, 0) is 6.42 Å². The van der Waals surface area contributed by atoms with Gasteiger partial charge in [-0.2, -0.15) is 0 Å². The van der Waals surface area contributed by atoms with Crippen molar-refractivity contribution in [1.29, 1.82) is 0 Å². The summed E-state index contributed by atoms with van der Waals surface area (Å²) < 4.78 is 10.5. The second-order valence-electron chi connectivity index (χ2n) is 4.26. The molecule has 18 heavy (non-hydrogen) atoms. The molecular formula is C10H18N2O6. The molecule has 0 aliphatic heterocycles. The van der Waals surface area contributed by atoms with Crippen molar-refractivity contribution in [2.24, 2.45) is 0 Å². The number of methoxy groups -OCH3 is 2.